The Kier molecular flexibility index (Phi) is 4.74. The Morgan fingerprint density at radius 3 is 2.30 bits per heavy atom. The molecule has 106 valence electrons. The van der Waals surface area contributed by atoms with E-state index in [0.717, 1.165) is 16.9 Å². The van der Waals surface area contributed by atoms with E-state index in [2.05, 4.69) is 0 Å². The summed E-state index contributed by atoms with van der Waals surface area (Å²) in [5, 5.41) is 0.653. The van der Waals surface area contributed by atoms with Crippen LogP contribution in [0.5, 0.6) is 17.2 Å². The molecule has 20 heavy (non-hydrogen) atoms. The molecule has 3 nitrogen and oxygen atoms in total. The van der Waals surface area contributed by atoms with Crippen molar-refractivity contribution in [1.29, 1.82) is 0 Å². The van der Waals surface area contributed by atoms with Crippen molar-refractivity contribution < 1.29 is 14.2 Å². The smallest absolute Gasteiger partial charge is 0.161 e. The molecule has 0 atom stereocenters. The molecular weight excluding hydrogens is 276 g/mol. The molecule has 0 saturated heterocycles. The van der Waals surface area contributed by atoms with E-state index in [4.69, 9.17) is 25.8 Å². The lowest BCUT2D eigenvalue weighted by atomic mass is 10.2. The minimum absolute atomic E-state index is 0.364. The summed E-state index contributed by atoms with van der Waals surface area (Å²) in [6, 6.07) is 11.3. The first-order chi connectivity index (χ1) is 9.63. The Morgan fingerprint density at radius 2 is 1.60 bits per heavy atom. The Labute approximate surface area is 124 Å². The molecular formula is C16H17ClO3. The van der Waals surface area contributed by atoms with E-state index in [1.807, 2.05) is 37.3 Å². The summed E-state index contributed by atoms with van der Waals surface area (Å²) in [5.74, 6) is 2.16. The van der Waals surface area contributed by atoms with Gasteiger partial charge in [-0.1, -0.05) is 17.7 Å². The fourth-order valence-electron chi connectivity index (χ4n) is 1.91. The van der Waals surface area contributed by atoms with Crippen LogP contribution in [0.3, 0.4) is 0 Å². The largest absolute Gasteiger partial charge is 0.496 e. The second-order valence-electron chi connectivity index (χ2n) is 4.40. The van der Waals surface area contributed by atoms with E-state index in [0.29, 0.717) is 23.1 Å². The number of rotatable bonds is 5. The van der Waals surface area contributed by atoms with Gasteiger partial charge in [0.25, 0.3) is 0 Å². The molecule has 0 radical (unpaired) electrons. The van der Waals surface area contributed by atoms with Crippen molar-refractivity contribution in [2.45, 2.75) is 13.5 Å². The van der Waals surface area contributed by atoms with Crippen LogP contribution in [-0.2, 0) is 6.61 Å². The van der Waals surface area contributed by atoms with Crippen LogP contribution in [0, 0.1) is 6.92 Å². The Bertz CT molecular complexity index is 596. The molecule has 0 aliphatic carbocycles. The van der Waals surface area contributed by atoms with Gasteiger partial charge >= 0.3 is 0 Å². The van der Waals surface area contributed by atoms with Crippen LogP contribution in [0.1, 0.15) is 11.1 Å². The second-order valence-corrected chi connectivity index (χ2v) is 4.84. The van der Waals surface area contributed by atoms with Crippen LogP contribution in [-0.4, -0.2) is 14.2 Å². The molecule has 4 heteroatoms. The van der Waals surface area contributed by atoms with E-state index < -0.39 is 0 Å². The predicted molar refractivity (Wildman–Crippen MR) is 80.1 cm³/mol. The van der Waals surface area contributed by atoms with Gasteiger partial charge in [0.15, 0.2) is 11.5 Å². The van der Waals surface area contributed by atoms with Crippen LogP contribution in [0.4, 0.5) is 0 Å². The number of hydrogen-bond acceptors (Lipinski definition) is 3. The highest BCUT2D eigenvalue weighted by molar-refractivity contribution is 6.30. The molecule has 0 amide bonds. The van der Waals surface area contributed by atoms with Gasteiger partial charge in [-0.05, 0) is 42.8 Å². The topological polar surface area (TPSA) is 27.7 Å². The molecule has 0 saturated carbocycles. The van der Waals surface area contributed by atoms with Gasteiger partial charge in [0.1, 0.15) is 12.4 Å². The van der Waals surface area contributed by atoms with Gasteiger partial charge in [-0.2, -0.15) is 0 Å². The van der Waals surface area contributed by atoms with E-state index in [1.165, 1.54) is 0 Å². The Morgan fingerprint density at radius 1 is 0.900 bits per heavy atom. The van der Waals surface area contributed by atoms with Crippen LogP contribution >= 0.6 is 11.6 Å². The third-order valence-electron chi connectivity index (χ3n) is 2.94. The summed E-state index contributed by atoms with van der Waals surface area (Å²) in [6.45, 7) is 2.37. The maximum absolute atomic E-state index is 6.00. The van der Waals surface area contributed by atoms with Crippen molar-refractivity contribution >= 4 is 11.6 Å². The van der Waals surface area contributed by atoms with Crippen molar-refractivity contribution in [2.24, 2.45) is 0 Å². The van der Waals surface area contributed by atoms with Crippen LogP contribution in [0.15, 0.2) is 36.4 Å². The number of halogens is 1. The monoisotopic (exact) mass is 292 g/mol. The minimum Gasteiger partial charge on any atom is -0.496 e. The zero-order chi connectivity index (χ0) is 14.5. The minimum atomic E-state index is 0.364. The highest BCUT2D eigenvalue weighted by Gasteiger charge is 2.08. The predicted octanol–water partition coefficient (Wildman–Crippen LogP) is 4.24. The molecule has 2 aromatic carbocycles. The van der Waals surface area contributed by atoms with E-state index in [-0.39, 0.29) is 0 Å². The SMILES string of the molecule is COc1ccc(Cl)cc1COc1ccc(C)cc1OC. The molecule has 0 N–H and O–H groups in total. The Balaban J connectivity index is 2.18. The van der Waals surface area contributed by atoms with E-state index >= 15 is 0 Å². The first-order valence-electron chi connectivity index (χ1n) is 6.24. The van der Waals surface area contributed by atoms with Gasteiger partial charge in [-0.15, -0.1) is 0 Å². The van der Waals surface area contributed by atoms with Crippen molar-refractivity contribution in [3.63, 3.8) is 0 Å². The van der Waals surface area contributed by atoms with E-state index in [1.54, 1.807) is 20.3 Å². The quantitative estimate of drug-likeness (QED) is 0.825. The lowest BCUT2D eigenvalue weighted by Crippen LogP contribution is -2.00. The fraction of sp³-hybridized carbons (Fsp3) is 0.250. The summed E-state index contributed by atoms with van der Waals surface area (Å²) in [4.78, 5) is 0. The highest BCUT2D eigenvalue weighted by Crippen LogP contribution is 2.30. The van der Waals surface area contributed by atoms with Gasteiger partial charge in [-0.25, -0.2) is 0 Å². The molecule has 0 heterocycles. The summed E-state index contributed by atoms with van der Waals surface area (Å²) in [6.07, 6.45) is 0. The van der Waals surface area contributed by atoms with Gasteiger partial charge in [0, 0.05) is 10.6 Å². The van der Waals surface area contributed by atoms with E-state index in [9.17, 15) is 0 Å². The number of hydrogen-bond donors (Lipinski definition) is 0. The molecule has 0 unspecified atom stereocenters. The van der Waals surface area contributed by atoms with Gasteiger partial charge in [-0.3, -0.25) is 0 Å². The standard InChI is InChI=1S/C16H17ClO3/c1-11-4-6-15(16(8-11)19-3)20-10-12-9-13(17)5-7-14(12)18-2/h4-9H,10H2,1-3H3. The zero-order valence-corrected chi connectivity index (χ0v) is 12.5. The van der Waals surface area contributed by atoms with Crippen molar-refractivity contribution in [1.82, 2.24) is 0 Å². The first kappa shape index (κ1) is 14.5. The molecule has 0 fully saturated rings. The van der Waals surface area contributed by atoms with Crippen LogP contribution in [0.25, 0.3) is 0 Å². The molecule has 2 aromatic rings. The number of aryl methyl sites for hydroxylation is 1. The average molecular weight is 293 g/mol. The zero-order valence-electron chi connectivity index (χ0n) is 11.8. The molecule has 0 aliphatic heterocycles. The third-order valence-corrected chi connectivity index (χ3v) is 3.18. The van der Waals surface area contributed by atoms with Crippen LogP contribution in [0.2, 0.25) is 5.02 Å². The number of ether oxygens (including phenoxy) is 3. The third kappa shape index (κ3) is 3.36. The summed E-state index contributed by atoms with van der Waals surface area (Å²) in [7, 11) is 3.25. The molecule has 0 spiro atoms. The normalized spacial score (nSPS) is 10.2. The van der Waals surface area contributed by atoms with Crippen molar-refractivity contribution in [3.05, 3.63) is 52.5 Å². The molecule has 0 bridgehead atoms. The number of methoxy groups -OCH3 is 2. The maximum Gasteiger partial charge on any atom is 0.161 e. The lowest BCUT2D eigenvalue weighted by molar-refractivity contribution is 0.278. The second kappa shape index (κ2) is 6.53. The summed E-state index contributed by atoms with van der Waals surface area (Å²) in [5.41, 5.74) is 2.01. The lowest BCUT2D eigenvalue weighted by Gasteiger charge is -2.13. The molecule has 0 aliphatic rings. The molecule has 0 aromatic heterocycles. The summed E-state index contributed by atoms with van der Waals surface area (Å²) >= 11 is 6.00. The van der Waals surface area contributed by atoms with Crippen molar-refractivity contribution in [3.8, 4) is 17.2 Å². The average Bonchev–Trinajstić information content (AvgIpc) is 2.46. The van der Waals surface area contributed by atoms with Gasteiger partial charge in [0.2, 0.25) is 0 Å². The Hall–Kier alpha value is -1.87. The number of benzene rings is 2. The molecule has 2 rings (SSSR count). The van der Waals surface area contributed by atoms with Crippen LogP contribution < -0.4 is 14.2 Å². The van der Waals surface area contributed by atoms with Gasteiger partial charge < -0.3 is 14.2 Å². The fourth-order valence-corrected chi connectivity index (χ4v) is 2.10. The first-order valence-corrected chi connectivity index (χ1v) is 6.61. The maximum atomic E-state index is 6.00. The van der Waals surface area contributed by atoms with Crippen molar-refractivity contribution in [2.75, 3.05) is 14.2 Å². The highest BCUT2D eigenvalue weighted by atomic mass is 35.5. The van der Waals surface area contributed by atoms with Gasteiger partial charge in [0.05, 0.1) is 14.2 Å². The summed E-state index contributed by atoms with van der Waals surface area (Å²) < 4.78 is 16.4.